The minimum absolute atomic E-state index is 0. The fraction of sp³-hybridized carbons (Fsp3) is 0. The van der Waals surface area contributed by atoms with Crippen molar-refractivity contribution >= 4 is 76.8 Å². The van der Waals surface area contributed by atoms with Crippen LogP contribution in [-0.4, -0.2) is 96.0 Å². The average molecular weight is 243 g/mol. The van der Waals surface area contributed by atoms with Gasteiger partial charge in [0.1, 0.15) is 0 Å². The summed E-state index contributed by atoms with van der Waals surface area (Å²) in [4.78, 5) is 29.3. The maximum atomic E-state index is 7.33. The van der Waals surface area contributed by atoms with Gasteiger partial charge in [0.05, 0.1) is 0 Å². The summed E-state index contributed by atoms with van der Waals surface area (Å²) >= 11 is 0. The third-order valence-electron chi connectivity index (χ3n) is 0. The van der Waals surface area contributed by atoms with Crippen LogP contribution in [0.5, 0.6) is 0 Å². The Labute approximate surface area is 94.3 Å². The summed E-state index contributed by atoms with van der Waals surface area (Å²) in [7, 11) is -4.61. The Balaban J connectivity index is -0.0000000800. The molecule has 0 unspecified atom stereocenters. The molecule has 0 aromatic carbocycles. The molecule has 0 aromatic rings. The summed E-state index contributed by atoms with van der Waals surface area (Å²) in [5.74, 6) is 0. The van der Waals surface area contributed by atoms with Gasteiger partial charge in [0.2, 0.25) is 0 Å². The Morgan fingerprint density at radius 2 is 0.857 bits per heavy atom. The van der Waals surface area contributed by atoms with Gasteiger partial charge in [-0.05, 0) is 0 Å². The standard InChI is InChI=1S/Ba.Li.H4O4Si.3H/c;;1-5(2,3)4;;;/h;;1-4H;;;. The van der Waals surface area contributed by atoms with Crippen LogP contribution in [0.2, 0.25) is 0 Å². The van der Waals surface area contributed by atoms with E-state index in [9.17, 15) is 0 Å². The van der Waals surface area contributed by atoms with Gasteiger partial charge >= 0.3 is 76.8 Å². The summed E-state index contributed by atoms with van der Waals surface area (Å²) in [5.41, 5.74) is 0. The molecule has 0 spiro atoms. The molecule has 0 rings (SSSR count). The van der Waals surface area contributed by atoms with Crippen molar-refractivity contribution in [1.29, 1.82) is 0 Å². The second-order valence-electron chi connectivity index (χ2n) is 0.600. The average Bonchev–Trinajstić information content (AvgIpc) is 0.722. The van der Waals surface area contributed by atoms with E-state index < -0.39 is 9.05 Å². The molecule has 0 bridgehead atoms. The van der Waals surface area contributed by atoms with Crippen LogP contribution in [0.15, 0.2) is 0 Å². The second-order valence-corrected chi connectivity index (χ2v) is 1.80. The summed E-state index contributed by atoms with van der Waals surface area (Å²) < 4.78 is 0. The summed E-state index contributed by atoms with van der Waals surface area (Å²) in [5, 5.41) is 0. The molecule has 0 heterocycles. The topological polar surface area (TPSA) is 80.9 Å². The van der Waals surface area contributed by atoms with E-state index in [1.165, 1.54) is 0 Å². The van der Waals surface area contributed by atoms with Crippen molar-refractivity contribution in [3.05, 3.63) is 0 Å². The Bertz CT molecular complexity index is 27.2. The van der Waals surface area contributed by atoms with E-state index >= 15 is 0 Å². The van der Waals surface area contributed by atoms with Crippen molar-refractivity contribution in [3.8, 4) is 0 Å². The first kappa shape index (κ1) is 16.1. The van der Waals surface area contributed by atoms with E-state index in [-0.39, 0.29) is 67.7 Å². The first-order chi connectivity index (χ1) is 2.00. The Morgan fingerprint density at radius 3 is 0.857 bits per heavy atom. The normalized spacial score (nSPS) is 8.57. The molecular weight excluding hydrogens is 236 g/mol. The Kier molecular flexibility index (Phi) is 14.6. The molecule has 4 N–H and O–H groups in total. The second kappa shape index (κ2) is 6.35. The summed E-state index contributed by atoms with van der Waals surface area (Å²) in [6.07, 6.45) is 0. The van der Waals surface area contributed by atoms with Crippen molar-refractivity contribution in [3.63, 3.8) is 0 Å². The third-order valence-corrected chi connectivity index (χ3v) is 0. The number of hydrogen-bond acceptors (Lipinski definition) is 4. The van der Waals surface area contributed by atoms with Gasteiger partial charge in [-0.15, -0.1) is 0 Å². The molecule has 38 valence electrons. The van der Waals surface area contributed by atoms with E-state index in [1.54, 1.807) is 0 Å². The minimum atomic E-state index is -4.61. The van der Waals surface area contributed by atoms with Gasteiger partial charge in [-0.3, -0.25) is 0 Å². The molecule has 0 aromatic heterocycles. The fourth-order valence-corrected chi connectivity index (χ4v) is 0. The van der Waals surface area contributed by atoms with Crippen LogP contribution in [0.1, 0.15) is 0 Å². The molecule has 7 heteroatoms. The van der Waals surface area contributed by atoms with Gasteiger partial charge in [0.15, 0.2) is 0 Å². The van der Waals surface area contributed by atoms with Gasteiger partial charge < -0.3 is 19.2 Å². The number of hydrogen-bond donors (Lipinski definition) is 4. The van der Waals surface area contributed by atoms with Gasteiger partial charge in [0.25, 0.3) is 0 Å². The first-order valence-corrected chi connectivity index (χ1v) is 2.68. The van der Waals surface area contributed by atoms with E-state index in [0.717, 1.165) is 0 Å². The Morgan fingerprint density at radius 1 is 0.857 bits per heavy atom. The van der Waals surface area contributed by atoms with Crippen LogP contribution in [0.4, 0.5) is 0 Å². The van der Waals surface area contributed by atoms with E-state index in [2.05, 4.69) is 0 Å². The summed E-state index contributed by atoms with van der Waals surface area (Å²) in [6.45, 7) is 0. The molecule has 0 saturated heterocycles. The van der Waals surface area contributed by atoms with Gasteiger partial charge in [-0.1, -0.05) is 0 Å². The Hall–Kier alpha value is 2.23. The van der Waals surface area contributed by atoms with E-state index in [0.29, 0.717) is 0 Å². The molecule has 0 saturated carbocycles. The van der Waals surface area contributed by atoms with Gasteiger partial charge in [0, 0.05) is 0 Å². The van der Waals surface area contributed by atoms with Crippen molar-refractivity contribution < 1.29 is 19.2 Å². The zero-order chi connectivity index (χ0) is 4.50. The van der Waals surface area contributed by atoms with Crippen LogP contribution in [0, 0.1) is 0 Å². The molecule has 0 aliphatic heterocycles. The quantitative estimate of drug-likeness (QED) is 0.326. The molecule has 0 amide bonds. The maximum absolute atomic E-state index is 7.33. The molecule has 0 aliphatic carbocycles. The van der Waals surface area contributed by atoms with Crippen LogP contribution in [-0.2, 0) is 0 Å². The predicted molar refractivity (Wildman–Crippen MR) is 30.3 cm³/mol. The molecule has 0 radical (unpaired) electrons. The van der Waals surface area contributed by atoms with E-state index in [4.69, 9.17) is 19.2 Å². The molecular formula is H7BaLiO4Si. The fourth-order valence-electron chi connectivity index (χ4n) is 0. The zero-order valence-corrected chi connectivity index (χ0v) is 3.29. The van der Waals surface area contributed by atoms with Crippen LogP contribution >= 0.6 is 0 Å². The van der Waals surface area contributed by atoms with Crippen LogP contribution < -0.4 is 0 Å². The molecule has 0 atom stereocenters. The third kappa shape index (κ3) is 64.4. The first-order valence-electron chi connectivity index (χ1n) is 0.894. The molecule has 0 fully saturated rings. The number of rotatable bonds is 0. The predicted octanol–water partition coefficient (Wildman–Crippen LogP) is -4.17. The van der Waals surface area contributed by atoms with Crippen molar-refractivity contribution in [1.82, 2.24) is 0 Å². The molecule has 7 heavy (non-hydrogen) atoms. The van der Waals surface area contributed by atoms with Crippen LogP contribution in [0.3, 0.4) is 0 Å². The zero-order valence-electron chi connectivity index (χ0n) is 2.29. The van der Waals surface area contributed by atoms with Gasteiger partial charge in [-0.25, -0.2) is 0 Å². The SMILES string of the molecule is O[Si](O)(O)O.[BaH2].[LiH]. The van der Waals surface area contributed by atoms with Crippen molar-refractivity contribution in [2.45, 2.75) is 0 Å². The van der Waals surface area contributed by atoms with Gasteiger partial charge in [-0.2, -0.15) is 0 Å². The summed E-state index contributed by atoms with van der Waals surface area (Å²) in [6, 6.07) is 0. The monoisotopic (exact) mass is 244 g/mol. The van der Waals surface area contributed by atoms with E-state index in [1.807, 2.05) is 0 Å². The molecule has 0 aliphatic rings. The molecule has 4 nitrogen and oxygen atoms in total. The van der Waals surface area contributed by atoms with Crippen LogP contribution in [0.25, 0.3) is 0 Å². The van der Waals surface area contributed by atoms with Crippen molar-refractivity contribution in [2.75, 3.05) is 0 Å². The van der Waals surface area contributed by atoms with Crippen molar-refractivity contribution in [2.24, 2.45) is 0 Å².